The van der Waals surface area contributed by atoms with Gasteiger partial charge in [-0.2, -0.15) is 0 Å². The summed E-state index contributed by atoms with van der Waals surface area (Å²) in [6.07, 6.45) is 3.53. The van der Waals surface area contributed by atoms with Gasteiger partial charge >= 0.3 is 0 Å². The van der Waals surface area contributed by atoms with Gasteiger partial charge < -0.3 is 10.1 Å². The summed E-state index contributed by atoms with van der Waals surface area (Å²) in [5.74, 6) is 1.60. The van der Waals surface area contributed by atoms with Crippen molar-refractivity contribution in [1.29, 1.82) is 0 Å². The molecule has 0 atom stereocenters. The third kappa shape index (κ3) is 3.41. The lowest BCUT2D eigenvalue weighted by Gasteiger charge is -2.07. The van der Waals surface area contributed by atoms with Crippen LogP contribution in [-0.2, 0) is 6.54 Å². The maximum atomic E-state index is 5.15. The minimum absolute atomic E-state index is 0.734. The van der Waals surface area contributed by atoms with Crippen LogP contribution in [0, 0.1) is 0 Å². The van der Waals surface area contributed by atoms with E-state index in [-0.39, 0.29) is 0 Å². The third-order valence-corrected chi connectivity index (χ3v) is 3.35. The Bertz CT molecular complexity index is 710. The first-order valence-corrected chi connectivity index (χ1v) is 7.09. The van der Waals surface area contributed by atoms with Gasteiger partial charge in [0.1, 0.15) is 11.6 Å². The molecule has 110 valence electrons. The molecule has 0 bridgehead atoms. The number of anilines is 1. The Hall–Kier alpha value is -2.88. The zero-order valence-electron chi connectivity index (χ0n) is 12.4. The molecule has 0 amide bonds. The molecule has 0 aliphatic rings. The van der Waals surface area contributed by atoms with Crippen LogP contribution < -0.4 is 10.1 Å². The quantitative estimate of drug-likeness (QED) is 0.777. The number of nitrogens with zero attached hydrogens (tertiary/aromatic N) is 2. The Morgan fingerprint density at radius 1 is 0.909 bits per heavy atom. The minimum atomic E-state index is 0.734. The lowest BCUT2D eigenvalue weighted by atomic mass is 10.1. The Kier molecular flexibility index (Phi) is 4.30. The fourth-order valence-corrected chi connectivity index (χ4v) is 2.12. The van der Waals surface area contributed by atoms with Crippen molar-refractivity contribution in [2.24, 2.45) is 0 Å². The average molecular weight is 291 g/mol. The molecule has 1 heterocycles. The van der Waals surface area contributed by atoms with E-state index in [0.29, 0.717) is 0 Å². The molecular weight excluding hydrogens is 274 g/mol. The topological polar surface area (TPSA) is 47.0 Å². The number of hydrogen-bond donors (Lipinski definition) is 1. The van der Waals surface area contributed by atoms with Crippen LogP contribution >= 0.6 is 0 Å². The maximum absolute atomic E-state index is 5.15. The number of hydrogen-bond acceptors (Lipinski definition) is 4. The second-order valence-corrected chi connectivity index (χ2v) is 4.85. The normalized spacial score (nSPS) is 10.2. The number of nitrogens with one attached hydrogen (secondary N) is 1. The molecule has 3 aromatic rings. The van der Waals surface area contributed by atoms with E-state index in [4.69, 9.17) is 4.74 Å². The molecule has 0 saturated carbocycles. The second-order valence-electron chi connectivity index (χ2n) is 4.85. The largest absolute Gasteiger partial charge is 0.497 e. The highest BCUT2D eigenvalue weighted by Crippen LogP contribution is 2.20. The fraction of sp³-hybridized carbons (Fsp3) is 0.111. The van der Waals surface area contributed by atoms with Gasteiger partial charge in [0.2, 0.25) is 0 Å². The molecule has 0 unspecified atom stereocenters. The maximum Gasteiger partial charge on any atom is 0.144 e. The van der Waals surface area contributed by atoms with Crippen LogP contribution in [0.4, 0.5) is 5.82 Å². The van der Waals surface area contributed by atoms with Crippen molar-refractivity contribution in [3.05, 3.63) is 72.6 Å². The molecule has 0 aliphatic heterocycles. The Morgan fingerprint density at radius 2 is 1.68 bits per heavy atom. The lowest BCUT2D eigenvalue weighted by molar-refractivity contribution is 0.415. The van der Waals surface area contributed by atoms with E-state index in [1.165, 1.54) is 5.56 Å². The van der Waals surface area contributed by atoms with Crippen LogP contribution in [0.5, 0.6) is 5.75 Å². The van der Waals surface area contributed by atoms with Crippen LogP contribution in [0.15, 0.2) is 67.0 Å². The molecule has 1 aromatic heterocycles. The van der Waals surface area contributed by atoms with Gasteiger partial charge in [-0.15, -0.1) is 0 Å². The predicted molar refractivity (Wildman–Crippen MR) is 87.8 cm³/mol. The molecule has 0 aliphatic carbocycles. The van der Waals surface area contributed by atoms with Crippen molar-refractivity contribution >= 4 is 5.82 Å². The Labute approximate surface area is 129 Å². The zero-order chi connectivity index (χ0) is 15.2. The number of methoxy groups -OCH3 is 1. The minimum Gasteiger partial charge on any atom is -0.497 e. The van der Waals surface area contributed by atoms with E-state index in [9.17, 15) is 0 Å². The first-order valence-electron chi connectivity index (χ1n) is 7.09. The fourth-order valence-electron chi connectivity index (χ4n) is 2.12. The molecule has 2 aromatic carbocycles. The van der Waals surface area contributed by atoms with Gasteiger partial charge in [0, 0.05) is 12.1 Å². The summed E-state index contributed by atoms with van der Waals surface area (Å²) >= 11 is 0. The Morgan fingerprint density at radius 3 is 2.32 bits per heavy atom. The summed E-state index contributed by atoms with van der Waals surface area (Å²) in [6, 6.07) is 18.0. The average Bonchev–Trinajstić information content (AvgIpc) is 2.61. The van der Waals surface area contributed by atoms with Gasteiger partial charge in [-0.3, -0.25) is 4.98 Å². The SMILES string of the molecule is COc1ccc(-c2cnc(NCc3ccccc3)cn2)cc1. The standard InChI is InChI=1S/C18H17N3O/c1-22-16-9-7-15(8-10-16)17-12-21-18(13-19-17)20-11-14-5-3-2-4-6-14/h2-10,12-13H,11H2,1H3,(H,20,21). The van der Waals surface area contributed by atoms with Crippen LogP contribution in [0.3, 0.4) is 0 Å². The van der Waals surface area contributed by atoms with Crippen molar-refractivity contribution < 1.29 is 4.74 Å². The van der Waals surface area contributed by atoms with Crippen molar-refractivity contribution in [3.8, 4) is 17.0 Å². The van der Waals surface area contributed by atoms with Gasteiger partial charge in [0.25, 0.3) is 0 Å². The van der Waals surface area contributed by atoms with Gasteiger partial charge in [-0.05, 0) is 29.8 Å². The first kappa shape index (κ1) is 14.1. The number of benzene rings is 2. The smallest absolute Gasteiger partial charge is 0.144 e. The van der Waals surface area contributed by atoms with Crippen molar-refractivity contribution in [1.82, 2.24) is 9.97 Å². The van der Waals surface area contributed by atoms with Crippen LogP contribution in [0.2, 0.25) is 0 Å². The van der Waals surface area contributed by atoms with Crippen LogP contribution in [0.1, 0.15) is 5.56 Å². The van der Waals surface area contributed by atoms with E-state index in [1.54, 1.807) is 19.5 Å². The monoisotopic (exact) mass is 291 g/mol. The molecule has 4 nitrogen and oxygen atoms in total. The number of rotatable bonds is 5. The molecule has 22 heavy (non-hydrogen) atoms. The molecule has 0 saturated heterocycles. The zero-order valence-corrected chi connectivity index (χ0v) is 12.4. The molecule has 4 heteroatoms. The van der Waals surface area contributed by atoms with Gasteiger partial charge in [-0.25, -0.2) is 4.98 Å². The van der Waals surface area contributed by atoms with Crippen LogP contribution in [0.25, 0.3) is 11.3 Å². The highest BCUT2D eigenvalue weighted by Gasteiger charge is 2.01. The molecular formula is C18H17N3O. The second kappa shape index (κ2) is 6.72. The van der Waals surface area contributed by atoms with E-state index >= 15 is 0 Å². The van der Waals surface area contributed by atoms with Crippen molar-refractivity contribution in [2.45, 2.75) is 6.54 Å². The predicted octanol–water partition coefficient (Wildman–Crippen LogP) is 3.76. The van der Waals surface area contributed by atoms with Gasteiger partial charge in [0.15, 0.2) is 0 Å². The molecule has 0 spiro atoms. The highest BCUT2D eigenvalue weighted by molar-refractivity contribution is 5.59. The van der Waals surface area contributed by atoms with E-state index < -0.39 is 0 Å². The van der Waals surface area contributed by atoms with Crippen LogP contribution in [-0.4, -0.2) is 17.1 Å². The van der Waals surface area contributed by atoms with E-state index in [1.807, 2.05) is 42.5 Å². The molecule has 1 N–H and O–H groups in total. The summed E-state index contributed by atoms with van der Waals surface area (Å²) in [6.45, 7) is 0.734. The first-order chi connectivity index (χ1) is 10.8. The van der Waals surface area contributed by atoms with Crippen molar-refractivity contribution in [3.63, 3.8) is 0 Å². The molecule has 0 radical (unpaired) electrons. The molecule has 0 fully saturated rings. The van der Waals surface area contributed by atoms with Gasteiger partial charge in [0.05, 0.1) is 25.2 Å². The van der Waals surface area contributed by atoms with E-state index in [2.05, 4.69) is 27.4 Å². The number of ether oxygens (including phenoxy) is 1. The summed E-state index contributed by atoms with van der Waals surface area (Å²) in [7, 11) is 1.65. The summed E-state index contributed by atoms with van der Waals surface area (Å²) in [5, 5.41) is 3.26. The highest BCUT2D eigenvalue weighted by atomic mass is 16.5. The summed E-state index contributed by atoms with van der Waals surface area (Å²) in [5.41, 5.74) is 3.07. The van der Waals surface area contributed by atoms with Gasteiger partial charge in [-0.1, -0.05) is 30.3 Å². The number of aromatic nitrogens is 2. The summed E-state index contributed by atoms with van der Waals surface area (Å²) < 4.78 is 5.15. The third-order valence-electron chi connectivity index (χ3n) is 3.35. The molecule has 3 rings (SSSR count). The Balaban J connectivity index is 1.67. The lowest BCUT2D eigenvalue weighted by Crippen LogP contribution is -2.01. The van der Waals surface area contributed by atoms with Crippen molar-refractivity contribution in [2.75, 3.05) is 12.4 Å². The summed E-state index contributed by atoms with van der Waals surface area (Å²) in [4.78, 5) is 8.86. The van der Waals surface area contributed by atoms with E-state index in [0.717, 1.165) is 29.4 Å².